The van der Waals surface area contributed by atoms with Gasteiger partial charge in [-0.15, -0.1) is 0 Å². The normalized spacial score (nSPS) is 21.6. The Labute approximate surface area is 149 Å². The number of nitrogens with zero attached hydrogens (tertiary/aromatic N) is 2. The molecule has 2 heterocycles. The molecule has 1 aromatic carbocycles. The average Bonchev–Trinajstić information content (AvgIpc) is 3.10. The molecule has 2 aliphatic heterocycles. The lowest BCUT2D eigenvalue weighted by Gasteiger charge is -2.30. The Morgan fingerprint density at radius 2 is 1.72 bits per heavy atom. The van der Waals surface area contributed by atoms with Crippen LogP contribution in [0.5, 0.6) is 0 Å². The van der Waals surface area contributed by atoms with E-state index in [1.54, 1.807) is 4.90 Å². The van der Waals surface area contributed by atoms with Gasteiger partial charge in [0, 0.05) is 32.5 Å². The molecule has 3 rings (SSSR count). The van der Waals surface area contributed by atoms with Gasteiger partial charge < -0.3 is 14.9 Å². The predicted octanol–water partition coefficient (Wildman–Crippen LogP) is 2.42. The summed E-state index contributed by atoms with van der Waals surface area (Å²) in [6.45, 7) is 4.07. The highest BCUT2D eigenvalue weighted by Gasteiger charge is 2.31. The third-order valence-electron chi connectivity index (χ3n) is 5.49. The summed E-state index contributed by atoms with van der Waals surface area (Å²) in [6.07, 6.45) is 3.55. The summed E-state index contributed by atoms with van der Waals surface area (Å²) in [6, 6.07) is 8.39. The molecule has 5 nitrogen and oxygen atoms in total. The highest BCUT2D eigenvalue weighted by atomic mass is 16.3. The number of rotatable bonds is 4. The van der Waals surface area contributed by atoms with Gasteiger partial charge in [0.1, 0.15) is 0 Å². The van der Waals surface area contributed by atoms with E-state index in [0.29, 0.717) is 25.9 Å². The van der Waals surface area contributed by atoms with E-state index in [1.165, 1.54) is 11.1 Å². The smallest absolute Gasteiger partial charge is 0.223 e. The van der Waals surface area contributed by atoms with Crippen LogP contribution in [0.15, 0.2) is 24.3 Å². The number of benzene rings is 1. The minimum absolute atomic E-state index is 0.0342. The second kappa shape index (κ2) is 8.00. The summed E-state index contributed by atoms with van der Waals surface area (Å²) in [5, 5.41) is 9.53. The molecule has 0 bridgehead atoms. The van der Waals surface area contributed by atoms with Crippen molar-refractivity contribution in [1.29, 1.82) is 0 Å². The number of aliphatic hydroxyl groups excluding tert-OH is 1. The first-order valence-electron chi connectivity index (χ1n) is 9.37. The second-order valence-electron chi connectivity index (χ2n) is 7.21. The summed E-state index contributed by atoms with van der Waals surface area (Å²) in [5.41, 5.74) is 2.44. The zero-order chi connectivity index (χ0) is 17.8. The third-order valence-corrected chi connectivity index (χ3v) is 5.49. The fourth-order valence-electron chi connectivity index (χ4n) is 3.98. The number of carbonyl (C=O) groups is 2. The van der Waals surface area contributed by atoms with Crippen molar-refractivity contribution in [2.24, 2.45) is 0 Å². The maximum atomic E-state index is 12.7. The van der Waals surface area contributed by atoms with Crippen LogP contribution >= 0.6 is 0 Å². The molecule has 0 aliphatic carbocycles. The van der Waals surface area contributed by atoms with Crippen LogP contribution in [0.4, 0.5) is 0 Å². The molecule has 136 valence electrons. The van der Waals surface area contributed by atoms with Crippen molar-refractivity contribution < 1.29 is 14.7 Å². The van der Waals surface area contributed by atoms with Crippen molar-refractivity contribution in [2.45, 2.75) is 57.6 Å². The molecule has 5 heteroatoms. The number of aryl methyl sites for hydroxylation is 1. The molecule has 0 unspecified atom stereocenters. The van der Waals surface area contributed by atoms with Gasteiger partial charge in [-0.2, -0.15) is 0 Å². The summed E-state index contributed by atoms with van der Waals surface area (Å²) in [7, 11) is 0. The lowest BCUT2D eigenvalue weighted by atomic mass is 9.99. The van der Waals surface area contributed by atoms with E-state index in [2.05, 4.69) is 19.1 Å². The summed E-state index contributed by atoms with van der Waals surface area (Å²) in [4.78, 5) is 28.7. The standard InChI is InChI=1S/C20H28N2O3/c1-15-5-2-3-6-17(15)18-7-4-12-22(18)20(25)9-8-19(24)21-13-10-16(23)11-14-21/h2-3,5-6,16,18,23H,4,7-14H2,1H3/t18-/m0/s1. The van der Waals surface area contributed by atoms with Crippen molar-refractivity contribution >= 4 is 11.8 Å². The van der Waals surface area contributed by atoms with Crippen molar-refractivity contribution in [2.75, 3.05) is 19.6 Å². The molecule has 2 saturated heterocycles. The summed E-state index contributed by atoms with van der Waals surface area (Å²) in [5.74, 6) is 0.114. The van der Waals surface area contributed by atoms with E-state index < -0.39 is 0 Å². The first-order chi connectivity index (χ1) is 12.1. The van der Waals surface area contributed by atoms with Crippen LogP contribution in [0, 0.1) is 6.92 Å². The average molecular weight is 344 g/mol. The quantitative estimate of drug-likeness (QED) is 0.912. The van der Waals surface area contributed by atoms with Gasteiger partial charge in [0.25, 0.3) is 0 Å². The number of likely N-dealkylation sites (tertiary alicyclic amines) is 2. The van der Waals surface area contributed by atoms with Crippen LogP contribution in [-0.4, -0.2) is 52.5 Å². The SMILES string of the molecule is Cc1ccccc1[C@@H]1CCCN1C(=O)CCC(=O)N1CCC(O)CC1. The second-order valence-corrected chi connectivity index (χ2v) is 7.21. The molecular formula is C20H28N2O3. The van der Waals surface area contributed by atoms with Crippen molar-refractivity contribution in [3.05, 3.63) is 35.4 Å². The number of aliphatic hydroxyl groups is 1. The number of hydrogen-bond donors (Lipinski definition) is 1. The Kier molecular flexibility index (Phi) is 5.74. The Morgan fingerprint density at radius 1 is 1.04 bits per heavy atom. The van der Waals surface area contributed by atoms with Crippen molar-refractivity contribution in [3.8, 4) is 0 Å². The molecule has 2 amide bonds. The Bertz CT molecular complexity index is 623. The van der Waals surface area contributed by atoms with Gasteiger partial charge in [0.2, 0.25) is 11.8 Å². The van der Waals surface area contributed by atoms with E-state index in [9.17, 15) is 14.7 Å². The molecule has 1 aromatic rings. The molecule has 0 aromatic heterocycles. The van der Waals surface area contributed by atoms with Crippen LogP contribution < -0.4 is 0 Å². The van der Waals surface area contributed by atoms with E-state index in [-0.39, 0.29) is 36.8 Å². The lowest BCUT2D eigenvalue weighted by Crippen LogP contribution is -2.40. The minimum atomic E-state index is -0.287. The highest BCUT2D eigenvalue weighted by molar-refractivity contribution is 5.84. The minimum Gasteiger partial charge on any atom is -0.393 e. The van der Waals surface area contributed by atoms with Crippen molar-refractivity contribution in [1.82, 2.24) is 9.80 Å². The first-order valence-corrected chi connectivity index (χ1v) is 9.37. The van der Waals surface area contributed by atoms with Gasteiger partial charge in [-0.1, -0.05) is 24.3 Å². The fourth-order valence-corrected chi connectivity index (χ4v) is 3.98. The molecule has 1 atom stereocenters. The largest absolute Gasteiger partial charge is 0.393 e. The molecule has 2 fully saturated rings. The van der Waals surface area contributed by atoms with Gasteiger partial charge in [-0.25, -0.2) is 0 Å². The Hall–Kier alpha value is -1.88. The maximum Gasteiger partial charge on any atom is 0.223 e. The van der Waals surface area contributed by atoms with Gasteiger partial charge in [-0.05, 0) is 43.7 Å². The Morgan fingerprint density at radius 3 is 2.44 bits per heavy atom. The van der Waals surface area contributed by atoms with Crippen LogP contribution in [0.25, 0.3) is 0 Å². The van der Waals surface area contributed by atoms with Gasteiger partial charge in [0.05, 0.1) is 12.1 Å². The monoisotopic (exact) mass is 344 g/mol. The van der Waals surface area contributed by atoms with Crippen LogP contribution in [-0.2, 0) is 9.59 Å². The summed E-state index contributed by atoms with van der Waals surface area (Å²) >= 11 is 0. The van der Waals surface area contributed by atoms with Gasteiger partial charge >= 0.3 is 0 Å². The topological polar surface area (TPSA) is 60.9 Å². The van der Waals surface area contributed by atoms with Gasteiger partial charge in [0.15, 0.2) is 0 Å². The van der Waals surface area contributed by atoms with Crippen LogP contribution in [0.1, 0.15) is 55.7 Å². The molecule has 0 radical (unpaired) electrons. The molecule has 0 spiro atoms. The maximum absolute atomic E-state index is 12.7. The van der Waals surface area contributed by atoms with E-state index in [0.717, 1.165) is 19.4 Å². The van der Waals surface area contributed by atoms with Crippen LogP contribution in [0.2, 0.25) is 0 Å². The van der Waals surface area contributed by atoms with E-state index in [1.807, 2.05) is 17.0 Å². The number of carbonyl (C=O) groups excluding carboxylic acids is 2. The van der Waals surface area contributed by atoms with E-state index in [4.69, 9.17) is 0 Å². The molecule has 2 aliphatic rings. The number of amides is 2. The number of piperidine rings is 1. The highest BCUT2D eigenvalue weighted by Crippen LogP contribution is 2.34. The lowest BCUT2D eigenvalue weighted by molar-refractivity contribution is -0.138. The number of hydrogen-bond acceptors (Lipinski definition) is 3. The first kappa shape index (κ1) is 17.9. The van der Waals surface area contributed by atoms with Crippen LogP contribution in [0.3, 0.4) is 0 Å². The zero-order valence-electron chi connectivity index (χ0n) is 15.0. The van der Waals surface area contributed by atoms with Crippen molar-refractivity contribution in [3.63, 3.8) is 0 Å². The Balaban J connectivity index is 1.55. The fraction of sp³-hybridized carbons (Fsp3) is 0.600. The van der Waals surface area contributed by atoms with E-state index >= 15 is 0 Å². The zero-order valence-corrected chi connectivity index (χ0v) is 15.0. The molecule has 0 saturated carbocycles. The summed E-state index contributed by atoms with van der Waals surface area (Å²) < 4.78 is 0. The van der Waals surface area contributed by atoms with Gasteiger partial charge in [-0.3, -0.25) is 9.59 Å². The third kappa shape index (κ3) is 4.21. The molecular weight excluding hydrogens is 316 g/mol. The molecule has 25 heavy (non-hydrogen) atoms. The predicted molar refractivity (Wildman–Crippen MR) is 95.9 cm³/mol. The molecule has 1 N–H and O–H groups in total.